The maximum Gasteiger partial charge on any atom is 0.221 e. The number of nitrogens with zero attached hydrogens (tertiary/aromatic N) is 2. The molecule has 28 heavy (non-hydrogen) atoms. The van der Waals surface area contributed by atoms with Crippen molar-refractivity contribution < 1.29 is 9.18 Å². The van der Waals surface area contributed by atoms with Gasteiger partial charge in [0.1, 0.15) is 5.82 Å². The molecular formula is C23H28FN3O. The van der Waals surface area contributed by atoms with Crippen molar-refractivity contribution in [3.05, 3.63) is 65.5 Å². The van der Waals surface area contributed by atoms with Gasteiger partial charge in [0, 0.05) is 51.4 Å². The van der Waals surface area contributed by atoms with Crippen LogP contribution >= 0.6 is 0 Å². The summed E-state index contributed by atoms with van der Waals surface area (Å²) in [5.74, 6) is 0.479. The van der Waals surface area contributed by atoms with Crippen LogP contribution < -0.4 is 5.32 Å². The molecule has 2 aromatic carbocycles. The Morgan fingerprint density at radius 3 is 2.36 bits per heavy atom. The van der Waals surface area contributed by atoms with Gasteiger partial charge in [-0.2, -0.15) is 0 Å². The number of amides is 1. The topological polar surface area (TPSA) is 35.6 Å². The van der Waals surface area contributed by atoms with Crippen molar-refractivity contribution in [2.75, 3.05) is 25.0 Å². The number of halogens is 1. The molecule has 0 saturated carbocycles. The first-order valence-electron chi connectivity index (χ1n) is 10.1. The second kappa shape index (κ2) is 8.41. The third-order valence-corrected chi connectivity index (χ3v) is 5.88. The molecule has 0 aliphatic carbocycles. The van der Waals surface area contributed by atoms with Gasteiger partial charge < -0.3 is 5.32 Å². The molecule has 148 valence electrons. The fourth-order valence-corrected chi connectivity index (χ4v) is 4.58. The molecular weight excluding hydrogens is 353 g/mol. The Morgan fingerprint density at radius 2 is 1.64 bits per heavy atom. The summed E-state index contributed by atoms with van der Waals surface area (Å²) in [6, 6.07) is 15.7. The van der Waals surface area contributed by atoms with Crippen molar-refractivity contribution >= 4 is 11.6 Å². The lowest BCUT2D eigenvalue weighted by atomic mass is 9.94. The highest BCUT2D eigenvalue weighted by Gasteiger charge is 2.34. The largest absolute Gasteiger partial charge is 0.326 e. The summed E-state index contributed by atoms with van der Waals surface area (Å²) in [6.07, 6.45) is 2.54. The van der Waals surface area contributed by atoms with Crippen LogP contribution in [0.2, 0.25) is 0 Å². The van der Waals surface area contributed by atoms with E-state index in [2.05, 4.69) is 27.2 Å². The predicted molar refractivity (Wildman–Crippen MR) is 109 cm³/mol. The summed E-state index contributed by atoms with van der Waals surface area (Å²) < 4.78 is 13.2. The van der Waals surface area contributed by atoms with E-state index in [9.17, 15) is 9.18 Å². The van der Waals surface area contributed by atoms with Gasteiger partial charge in [-0.3, -0.25) is 14.6 Å². The molecule has 1 amide bonds. The summed E-state index contributed by atoms with van der Waals surface area (Å²) in [4.78, 5) is 16.3. The molecule has 3 heterocycles. The minimum absolute atomic E-state index is 0.0428. The Kier molecular flexibility index (Phi) is 5.74. The lowest BCUT2D eigenvalue weighted by Gasteiger charge is -2.36. The molecule has 5 rings (SSSR count). The first-order valence-corrected chi connectivity index (χ1v) is 10.1. The highest BCUT2D eigenvalue weighted by molar-refractivity contribution is 5.88. The van der Waals surface area contributed by atoms with Crippen LogP contribution in [0.1, 0.15) is 30.9 Å². The number of carbonyl (C=O) groups excluding carboxylic acids is 1. The Morgan fingerprint density at radius 1 is 0.964 bits per heavy atom. The standard InChI is InChI=1S/C23H28FN3O/c1-17(28)25-22-9-4-19(5-10-22)14-27-15-20-6-11-23(27)16-26(13-20)12-18-2-7-21(24)8-3-18/h2-5,7-10,20,23H,6,11-16H2,1H3,(H,25,28). The number of piperidine rings is 1. The van der Waals surface area contributed by atoms with Crippen molar-refractivity contribution in [2.24, 2.45) is 5.92 Å². The molecule has 2 unspecified atom stereocenters. The number of rotatable bonds is 5. The van der Waals surface area contributed by atoms with Gasteiger partial charge in [0.25, 0.3) is 0 Å². The molecule has 0 spiro atoms. The monoisotopic (exact) mass is 381 g/mol. The fourth-order valence-electron chi connectivity index (χ4n) is 4.58. The van der Waals surface area contributed by atoms with Crippen molar-refractivity contribution in [3.63, 3.8) is 0 Å². The van der Waals surface area contributed by atoms with Crippen molar-refractivity contribution in [2.45, 2.75) is 38.9 Å². The van der Waals surface area contributed by atoms with Gasteiger partial charge >= 0.3 is 0 Å². The number of benzene rings is 2. The molecule has 2 bridgehead atoms. The van der Waals surface area contributed by atoms with E-state index < -0.39 is 0 Å². The number of nitrogens with one attached hydrogen (secondary N) is 1. The smallest absolute Gasteiger partial charge is 0.221 e. The molecule has 2 aromatic rings. The predicted octanol–water partition coefficient (Wildman–Crippen LogP) is 3.88. The normalized spacial score (nSPS) is 22.8. The molecule has 3 saturated heterocycles. The van der Waals surface area contributed by atoms with E-state index >= 15 is 0 Å². The highest BCUT2D eigenvalue weighted by atomic mass is 19.1. The molecule has 4 nitrogen and oxygen atoms in total. The van der Waals surface area contributed by atoms with Gasteiger partial charge in [-0.15, -0.1) is 0 Å². The lowest BCUT2D eigenvalue weighted by molar-refractivity contribution is -0.114. The van der Waals surface area contributed by atoms with Gasteiger partial charge in [-0.25, -0.2) is 4.39 Å². The minimum Gasteiger partial charge on any atom is -0.326 e. The maximum atomic E-state index is 13.2. The van der Waals surface area contributed by atoms with Crippen LogP contribution in [0.25, 0.3) is 0 Å². The summed E-state index contributed by atoms with van der Waals surface area (Å²) in [5.41, 5.74) is 3.31. The first-order chi connectivity index (χ1) is 13.5. The van der Waals surface area contributed by atoms with Crippen molar-refractivity contribution in [3.8, 4) is 0 Å². The lowest BCUT2D eigenvalue weighted by Crippen LogP contribution is -2.43. The summed E-state index contributed by atoms with van der Waals surface area (Å²) in [7, 11) is 0. The second-order valence-corrected chi connectivity index (χ2v) is 8.23. The minimum atomic E-state index is -0.171. The van der Waals surface area contributed by atoms with Gasteiger partial charge in [0.15, 0.2) is 0 Å². The maximum absolute atomic E-state index is 13.2. The van der Waals surface area contributed by atoms with Gasteiger partial charge in [-0.05, 0) is 54.2 Å². The number of carbonyl (C=O) groups is 1. The Balaban J connectivity index is 1.39. The first kappa shape index (κ1) is 19.1. The van der Waals surface area contributed by atoms with Crippen LogP contribution in [0.15, 0.2) is 48.5 Å². The molecule has 2 atom stereocenters. The van der Waals surface area contributed by atoms with Crippen molar-refractivity contribution in [1.82, 2.24) is 9.80 Å². The third-order valence-electron chi connectivity index (χ3n) is 5.88. The Labute approximate surface area is 166 Å². The van der Waals surface area contributed by atoms with E-state index in [1.54, 1.807) is 12.1 Å². The van der Waals surface area contributed by atoms with E-state index in [-0.39, 0.29) is 11.7 Å². The van der Waals surface area contributed by atoms with E-state index in [0.717, 1.165) is 38.4 Å². The van der Waals surface area contributed by atoms with E-state index in [1.165, 1.54) is 30.9 Å². The highest BCUT2D eigenvalue weighted by Crippen LogP contribution is 2.30. The fraction of sp³-hybridized carbons (Fsp3) is 0.435. The molecule has 1 N–H and O–H groups in total. The van der Waals surface area contributed by atoms with Crippen LogP contribution in [0, 0.1) is 11.7 Å². The summed E-state index contributed by atoms with van der Waals surface area (Å²) in [5, 5.41) is 2.82. The van der Waals surface area contributed by atoms with E-state index in [1.807, 2.05) is 24.3 Å². The van der Waals surface area contributed by atoms with Crippen LogP contribution in [0.5, 0.6) is 0 Å². The third kappa shape index (κ3) is 4.78. The Hall–Kier alpha value is -2.24. The molecule has 3 aliphatic rings. The average Bonchev–Trinajstić information content (AvgIpc) is 2.95. The molecule has 3 aliphatic heterocycles. The second-order valence-electron chi connectivity index (χ2n) is 8.23. The van der Waals surface area contributed by atoms with Crippen LogP contribution in [0.3, 0.4) is 0 Å². The van der Waals surface area contributed by atoms with Gasteiger partial charge in [0.2, 0.25) is 5.91 Å². The Bertz CT molecular complexity index is 806. The summed E-state index contributed by atoms with van der Waals surface area (Å²) >= 11 is 0. The molecule has 3 fully saturated rings. The number of hydrogen-bond donors (Lipinski definition) is 1. The van der Waals surface area contributed by atoms with Gasteiger partial charge in [-0.1, -0.05) is 24.3 Å². The van der Waals surface area contributed by atoms with Crippen molar-refractivity contribution in [1.29, 1.82) is 0 Å². The molecule has 0 aromatic heterocycles. The average molecular weight is 381 g/mol. The number of hydrogen-bond acceptors (Lipinski definition) is 3. The van der Waals surface area contributed by atoms with Crippen LogP contribution in [-0.4, -0.2) is 41.4 Å². The van der Waals surface area contributed by atoms with E-state index in [4.69, 9.17) is 0 Å². The van der Waals surface area contributed by atoms with Gasteiger partial charge in [0.05, 0.1) is 0 Å². The van der Waals surface area contributed by atoms with E-state index in [0.29, 0.717) is 12.0 Å². The number of fused-ring (bicyclic) bond motifs is 4. The summed E-state index contributed by atoms with van der Waals surface area (Å²) in [6.45, 7) is 6.69. The van der Waals surface area contributed by atoms with Crippen LogP contribution in [-0.2, 0) is 17.9 Å². The zero-order valence-electron chi connectivity index (χ0n) is 16.4. The zero-order valence-corrected chi connectivity index (χ0v) is 16.4. The zero-order chi connectivity index (χ0) is 19.5. The quantitative estimate of drug-likeness (QED) is 0.854. The molecule has 0 radical (unpaired) electrons. The number of anilines is 1. The molecule has 5 heteroatoms. The SMILES string of the molecule is CC(=O)Nc1ccc(CN2CC3CCC2CN(Cc2ccc(F)cc2)C3)cc1. The van der Waals surface area contributed by atoms with Crippen LogP contribution in [0.4, 0.5) is 10.1 Å².